The number of hydrogen-bond donors (Lipinski definition) is 1. The van der Waals surface area contributed by atoms with Crippen molar-refractivity contribution in [1.29, 1.82) is 0 Å². The highest BCUT2D eigenvalue weighted by molar-refractivity contribution is 6.10. The number of fused-ring (bicyclic) bond motifs is 3. The lowest BCUT2D eigenvalue weighted by molar-refractivity contribution is 0.0955. The number of aromatic nitrogens is 1. The second kappa shape index (κ2) is 2.96. The molecule has 2 aromatic rings. The van der Waals surface area contributed by atoms with Gasteiger partial charge in [-0.2, -0.15) is 0 Å². The Kier molecular flexibility index (Phi) is 1.72. The number of hydrogen-bond acceptors (Lipinski definition) is 1. The summed E-state index contributed by atoms with van der Waals surface area (Å²) < 4.78 is 0. The number of para-hydroxylation sites is 1. The number of Topliss-reactive ketones (excluding diaryl/α,β-unsaturated/α-hetero) is 1. The highest BCUT2D eigenvalue weighted by Crippen LogP contribution is 2.30. The van der Waals surface area contributed by atoms with E-state index < -0.39 is 0 Å². The first-order chi connectivity index (χ1) is 7.25. The van der Waals surface area contributed by atoms with Crippen LogP contribution in [0.5, 0.6) is 0 Å². The van der Waals surface area contributed by atoms with Crippen molar-refractivity contribution < 1.29 is 4.79 Å². The van der Waals surface area contributed by atoms with Gasteiger partial charge in [0.15, 0.2) is 5.78 Å². The van der Waals surface area contributed by atoms with Gasteiger partial charge in [-0.05, 0) is 18.4 Å². The van der Waals surface area contributed by atoms with Crippen molar-refractivity contribution in [2.24, 2.45) is 5.92 Å². The summed E-state index contributed by atoms with van der Waals surface area (Å²) in [6.07, 6.45) is 1.69. The van der Waals surface area contributed by atoms with E-state index in [0.717, 1.165) is 28.6 Å². The minimum absolute atomic E-state index is 0.293. The average Bonchev–Trinajstić information content (AvgIpc) is 2.54. The SMILES string of the molecule is CC1CC(=O)c2c([nH]c3ccccc23)C1. The first-order valence-electron chi connectivity index (χ1n) is 5.38. The van der Waals surface area contributed by atoms with E-state index in [-0.39, 0.29) is 0 Å². The molecule has 0 fully saturated rings. The number of carbonyl (C=O) groups is 1. The number of H-pyrrole nitrogens is 1. The van der Waals surface area contributed by atoms with Crippen molar-refractivity contribution in [3.05, 3.63) is 35.5 Å². The summed E-state index contributed by atoms with van der Waals surface area (Å²) in [7, 11) is 0. The molecule has 1 aromatic carbocycles. The molecule has 0 aliphatic heterocycles. The Hall–Kier alpha value is -1.57. The van der Waals surface area contributed by atoms with E-state index >= 15 is 0 Å². The Labute approximate surface area is 88.3 Å². The predicted molar refractivity (Wildman–Crippen MR) is 60.1 cm³/mol. The third-order valence-electron chi connectivity index (χ3n) is 3.15. The Morgan fingerprint density at radius 2 is 2.07 bits per heavy atom. The quantitative estimate of drug-likeness (QED) is 0.695. The van der Waals surface area contributed by atoms with Gasteiger partial charge in [-0.1, -0.05) is 25.1 Å². The van der Waals surface area contributed by atoms with Gasteiger partial charge in [-0.25, -0.2) is 0 Å². The number of ketones is 1. The van der Waals surface area contributed by atoms with Crippen LogP contribution in [0.1, 0.15) is 29.4 Å². The monoisotopic (exact) mass is 199 g/mol. The van der Waals surface area contributed by atoms with Crippen molar-refractivity contribution in [1.82, 2.24) is 4.98 Å². The van der Waals surface area contributed by atoms with Gasteiger partial charge in [-0.15, -0.1) is 0 Å². The molecule has 15 heavy (non-hydrogen) atoms. The van der Waals surface area contributed by atoms with Crippen molar-refractivity contribution >= 4 is 16.7 Å². The Balaban J connectivity index is 2.32. The first-order valence-corrected chi connectivity index (χ1v) is 5.38. The smallest absolute Gasteiger partial charge is 0.165 e. The standard InChI is InChI=1S/C13H13NO/c1-8-6-11-13(12(15)7-8)9-4-2-3-5-10(9)14-11/h2-5,8,14H,6-7H2,1H3. The van der Waals surface area contributed by atoms with Crippen molar-refractivity contribution in [3.8, 4) is 0 Å². The van der Waals surface area contributed by atoms with Crippen LogP contribution in [0.3, 0.4) is 0 Å². The second-order valence-electron chi connectivity index (χ2n) is 4.46. The molecule has 1 aliphatic rings. The molecule has 2 heteroatoms. The molecular formula is C13H13NO. The highest BCUT2D eigenvalue weighted by atomic mass is 16.1. The predicted octanol–water partition coefficient (Wildman–Crippen LogP) is 2.93. The molecule has 2 nitrogen and oxygen atoms in total. The lowest BCUT2D eigenvalue weighted by Gasteiger charge is -2.16. The molecule has 1 N–H and O–H groups in total. The lowest BCUT2D eigenvalue weighted by Crippen LogP contribution is -2.16. The molecule has 0 radical (unpaired) electrons. The van der Waals surface area contributed by atoms with Gasteiger partial charge in [0.05, 0.1) is 0 Å². The topological polar surface area (TPSA) is 32.9 Å². The largest absolute Gasteiger partial charge is 0.358 e. The molecular weight excluding hydrogens is 186 g/mol. The van der Waals surface area contributed by atoms with Crippen LogP contribution < -0.4 is 0 Å². The van der Waals surface area contributed by atoms with Gasteiger partial charge >= 0.3 is 0 Å². The minimum Gasteiger partial charge on any atom is -0.358 e. The van der Waals surface area contributed by atoms with Crippen molar-refractivity contribution in [2.75, 3.05) is 0 Å². The molecule has 0 saturated carbocycles. The molecule has 0 bridgehead atoms. The maximum atomic E-state index is 12.0. The van der Waals surface area contributed by atoms with Crippen LogP contribution >= 0.6 is 0 Å². The van der Waals surface area contributed by atoms with Crippen molar-refractivity contribution in [3.63, 3.8) is 0 Å². The summed E-state index contributed by atoms with van der Waals surface area (Å²) >= 11 is 0. The molecule has 1 atom stereocenters. The van der Waals surface area contributed by atoms with Crippen LogP contribution in [0.4, 0.5) is 0 Å². The zero-order valence-corrected chi connectivity index (χ0v) is 8.71. The normalized spacial score (nSPS) is 20.6. The summed E-state index contributed by atoms with van der Waals surface area (Å²) in [5.41, 5.74) is 3.15. The summed E-state index contributed by atoms with van der Waals surface area (Å²) in [5.74, 6) is 0.763. The van der Waals surface area contributed by atoms with E-state index in [4.69, 9.17) is 0 Å². The maximum Gasteiger partial charge on any atom is 0.165 e. The summed E-state index contributed by atoms with van der Waals surface area (Å²) in [4.78, 5) is 15.3. The number of benzene rings is 1. The third-order valence-corrected chi connectivity index (χ3v) is 3.15. The van der Waals surface area contributed by atoms with E-state index in [1.165, 1.54) is 0 Å². The third kappa shape index (κ3) is 1.21. The number of carbonyl (C=O) groups excluding carboxylic acids is 1. The Bertz CT molecular complexity index is 538. The van der Waals surface area contributed by atoms with Crippen LogP contribution in [0.15, 0.2) is 24.3 Å². The molecule has 1 aliphatic carbocycles. The van der Waals surface area contributed by atoms with Crippen LogP contribution in [-0.4, -0.2) is 10.8 Å². The van der Waals surface area contributed by atoms with Crippen LogP contribution in [0.2, 0.25) is 0 Å². The highest BCUT2D eigenvalue weighted by Gasteiger charge is 2.25. The summed E-state index contributed by atoms with van der Waals surface area (Å²) in [6.45, 7) is 2.13. The van der Waals surface area contributed by atoms with Crippen LogP contribution in [-0.2, 0) is 6.42 Å². The lowest BCUT2D eigenvalue weighted by atomic mass is 9.87. The van der Waals surface area contributed by atoms with E-state index in [2.05, 4.69) is 11.9 Å². The second-order valence-corrected chi connectivity index (χ2v) is 4.46. The fourth-order valence-electron chi connectivity index (χ4n) is 2.51. The van der Waals surface area contributed by atoms with Crippen LogP contribution in [0, 0.1) is 5.92 Å². The Morgan fingerprint density at radius 3 is 2.93 bits per heavy atom. The molecule has 0 spiro atoms. The van der Waals surface area contributed by atoms with Gasteiger partial charge in [0.2, 0.25) is 0 Å². The fourth-order valence-corrected chi connectivity index (χ4v) is 2.51. The van der Waals surface area contributed by atoms with Crippen LogP contribution in [0.25, 0.3) is 10.9 Å². The maximum absolute atomic E-state index is 12.0. The molecule has 76 valence electrons. The van der Waals surface area contributed by atoms with E-state index in [1.807, 2.05) is 24.3 Å². The van der Waals surface area contributed by atoms with E-state index in [0.29, 0.717) is 18.1 Å². The number of rotatable bonds is 0. The molecule has 1 heterocycles. The molecule has 0 amide bonds. The number of nitrogens with one attached hydrogen (secondary N) is 1. The zero-order valence-electron chi connectivity index (χ0n) is 8.71. The van der Waals surface area contributed by atoms with Gasteiger partial charge < -0.3 is 4.98 Å². The average molecular weight is 199 g/mol. The number of aromatic amines is 1. The van der Waals surface area contributed by atoms with Gasteiger partial charge in [0.25, 0.3) is 0 Å². The Morgan fingerprint density at radius 1 is 1.27 bits per heavy atom. The van der Waals surface area contributed by atoms with Gasteiger partial charge in [0, 0.05) is 28.6 Å². The zero-order chi connectivity index (χ0) is 10.4. The van der Waals surface area contributed by atoms with E-state index in [1.54, 1.807) is 0 Å². The fraction of sp³-hybridized carbons (Fsp3) is 0.308. The van der Waals surface area contributed by atoms with Crippen molar-refractivity contribution in [2.45, 2.75) is 19.8 Å². The molecule has 3 rings (SSSR count). The minimum atomic E-state index is 0.293. The first kappa shape index (κ1) is 8.72. The molecule has 1 aromatic heterocycles. The molecule has 1 unspecified atom stereocenters. The van der Waals surface area contributed by atoms with Gasteiger partial charge in [-0.3, -0.25) is 4.79 Å². The van der Waals surface area contributed by atoms with E-state index in [9.17, 15) is 4.79 Å². The summed E-state index contributed by atoms with van der Waals surface area (Å²) in [6, 6.07) is 8.05. The molecule has 0 saturated heterocycles. The summed E-state index contributed by atoms with van der Waals surface area (Å²) in [5, 5.41) is 1.09. The van der Waals surface area contributed by atoms with Gasteiger partial charge in [0.1, 0.15) is 0 Å².